The Bertz CT molecular complexity index is 810. The van der Waals surface area contributed by atoms with Gasteiger partial charge in [0, 0.05) is 30.1 Å². The molecule has 4 aliphatic rings. The number of fused-ring (bicyclic) bond motifs is 5. The molecule has 3 fully saturated rings. The summed E-state index contributed by atoms with van der Waals surface area (Å²) in [6.45, 7) is 7.25. The minimum absolute atomic E-state index is 0.00665. The van der Waals surface area contributed by atoms with Crippen LogP contribution in [-0.2, 0) is 23.9 Å². The van der Waals surface area contributed by atoms with Crippen LogP contribution < -0.4 is 0 Å². The molecular weight excluding hydrogens is 334 g/mol. The molecule has 2 saturated carbocycles. The van der Waals surface area contributed by atoms with E-state index in [4.69, 9.17) is 9.47 Å². The first-order valence-corrected chi connectivity index (χ1v) is 9.17. The normalized spacial score (nSPS) is 49.1. The number of esters is 1. The highest BCUT2D eigenvalue weighted by Gasteiger charge is 2.79. The summed E-state index contributed by atoms with van der Waals surface area (Å²) in [6, 6.07) is 2.09. The van der Waals surface area contributed by atoms with Gasteiger partial charge in [0.05, 0.1) is 0 Å². The fourth-order valence-corrected chi connectivity index (χ4v) is 6.01. The Morgan fingerprint density at radius 2 is 2.08 bits per heavy atom. The fourth-order valence-electron chi connectivity index (χ4n) is 6.01. The molecule has 6 heteroatoms. The van der Waals surface area contributed by atoms with Gasteiger partial charge in [-0.2, -0.15) is 5.26 Å². The molecule has 4 rings (SSSR count). The summed E-state index contributed by atoms with van der Waals surface area (Å²) < 4.78 is 11.3. The van der Waals surface area contributed by atoms with E-state index in [1.807, 2.05) is 20.8 Å². The van der Waals surface area contributed by atoms with Crippen LogP contribution in [0.2, 0.25) is 0 Å². The molecule has 0 amide bonds. The Hall–Kier alpha value is -2.00. The smallest absolute Gasteiger partial charge is 0.302 e. The number of ketones is 2. The maximum atomic E-state index is 12.7. The number of nitriles is 1. The third kappa shape index (κ3) is 1.87. The first-order chi connectivity index (χ1) is 12.1. The number of epoxide rings is 1. The highest BCUT2D eigenvalue weighted by Crippen LogP contribution is 2.69. The van der Waals surface area contributed by atoms with Gasteiger partial charge in [-0.25, -0.2) is 0 Å². The maximum Gasteiger partial charge on any atom is 0.302 e. The third-order valence-corrected chi connectivity index (χ3v) is 7.36. The number of rotatable bonds is 1. The lowest BCUT2D eigenvalue weighted by molar-refractivity contribution is -0.157. The van der Waals surface area contributed by atoms with Crippen LogP contribution in [0.3, 0.4) is 0 Å². The third-order valence-electron chi connectivity index (χ3n) is 7.36. The van der Waals surface area contributed by atoms with Crippen molar-refractivity contribution in [2.75, 3.05) is 0 Å². The average molecular weight is 357 g/mol. The molecule has 6 unspecified atom stereocenters. The molecule has 1 heterocycles. The van der Waals surface area contributed by atoms with Gasteiger partial charge in [0.15, 0.2) is 11.6 Å². The lowest BCUT2D eigenvalue weighted by Crippen LogP contribution is -2.60. The van der Waals surface area contributed by atoms with Crippen molar-refractivity contribution in [1.82, 2.24) is 0 Å². The molecule has 1 saturated heterocycles. The molecule has 3 aliphatic carbocycles. The number of carbonyl (C=O) groups is 3. The second kappa shape index (κ2) is 5.04. The molecule has 0 aromatic carbocycles. The van der Waals surface area contributed by atoms with Crippen LogP contribution in [-0.4, -0.2) is 35.3 Å². The van der Waals surface area contributed by atoms with Crippen molar-refractivity contribution >= 4 is 17.5 Å². The van der Waals surface area contributed by atoms with Crippen molar-refractivity contribution in [3.8, 4) is 6.07 Å². The minimum Gasteiger partial charge on any atom is -0.461 e. The molecule has 26 heavy (non-hydrogen) atoms. The predicted octanol–water partition coefficient (Wildman–Crippen LogP) is 2.12. The molecule has 6 nitrogen and oxygen atoms in total. The van der Waals surface area contributed by atoms with Crippen molar-refractivity contribution in [1.29, 1.82) is 5.26 Å². The Morgan fingerprint density at radius 3 is 2.69 bits per heavy atom. The SMILES string of the molecule is CC(=O)OC1CC(=O)C=C2C1(C)CCC1C(C)C(=O)C3(C#N)OC3[C@]21C. The Kier molecular flexibility index (Phi) is 3.38. The Morgan fingerprint density at radius 1 is 1.38 bits per heavy atom. The van der Waals surface area contributed by atoms with E-state index in [1.165, 1.54) is 6.92 Å². The number of carbonyl (C=O) groups excluding carboxylic acids is 3. The van der Waals surface area contributed by atoms with Gasteiger partial charge in [0.2, 0.25) is 5.60 Å². The molecule has 7 atom stereocenters. The minimum atomic E-state index is -1.39. The van der Waals surface area contributed by atoms with Crippen molar-refractivity contribution in [3.05, 3.63) is 11.6 Å². The Labute approximate surface area is 152 Å². The van der Waals surface area contributed by atoms with E-state index >= 15 is 0 Å². The van der Waals surface area contributed by atoms with Crippen LogP contribution in [0, 0.1) is 34.0 Å². The molecule has 138 valence electrons. The number of hydrogen-bond acceptors (Lipinski definition) is 6. The summed E-state index contributed by atoms with van der Waals surface area (Å²) >= 11 is 0. The fraction of sp³-hybridized carbons (Fsp3) is 0.700. The largest absolute Gasteiger partial charge is 0.461 e. The van der Waals surface area contributed by atoms with Gasteiger partial charge < -0.3 is 9.47 Å². The zero-order valence-electron chi connectivity index (χ0n) is 15.5. The maximum absolute atomic E-state index is 12.7. The molecule has 0 bridgehead atoms. The van der Waals surface area contributed by atoms with Crippen LogP contribution in [0.25, 0.3) is 0 Å². The molecule has 0 aromatic heterocycles. The zero-order chi connectivity index (χ0) is 19.1. The first-order valence-electron chi connectivity index (χ1n) is 9.17. The molecule has 0 radical (unpaired) electrons. The van der Waals surface area contributed by atoms with Crippen LogP contribution in [0.4, 0.5) is 0 Å². The molecule has 1 aliphatic heterocycles. The van der Waals surface area contributed by atoms with Gasteiger partial charge in [0.1, 0.15) is 18.3 Å². The number of hydrogen-bond donors (Lipinski definition) is 0. The summed E-state index contributed by atoms with van der Waals surface area (Å²) in [5, 5.41) is 9.62. The summed E-state index contributed by atoms with van der Waals surface area (Å²) in [5.41, 5.74) is -1.59. The summed E-state index contributed by atoms with van der Waals surface area (Å²) in [6.07, 6.45) is 2.28. The lowest BCUT2D eigenvalue weighted by atomic mass is 9.45. The Balaban J connectivity index is 1.85. The van der Waals surface area contributed by atoms with Gasteiger partial charge in [0.25, 0.3) is 0 Å². The van der Waals surface area contributed by atoms with Crippen LogP contribution in [0.15, 0.2) is 11.6 Å². The number of allylic oxidation sites excluding steroid dienone is 1. The summed E-state index contributed by atoms with van der Waals surface area (Å²) in [7, 11) is 0. The van der Waals surface area contributed by atoms with Gasteiger partial charge in [-0.15, -0.1) is 0 Å². The summed E-state index contributed by atoms with van der Waals surface area (Å²) in [5.74, 6) is -0.937. The van der Waals surface area contributed by atoms with E-state index in [-0.39, 0.29) is 29.8 Å². The lowest BCUT2D eigenvalue weighted by Gasteiger charge is -2.57. The van der Waals surface area contributed by atoms with E-state index in [9.17, 15) is 19.6 Å². The van der Waals surface area contributed by atoms with Gasteiger partial charge in [-0.05, 0) is 30.4 Å². The van der Waals surface area contributed by atoms with Crippen molar-refractivity contribution in [2.24, 2.45) is 22.7 Å². The van der Waals surface area contributed by atoms with Crippen molar-refractivity contribution in [2.45, 2.75) is 64.8 Å². The number of Topliss-reactive ketones (excluding diaryl/α,β-unsaturated/α-hetero) is 1. The monoisotopic (exact) mass is 357 g/mol. The highest BCUT2D eigenvalue weighted by molar-refractivity contribution is 5.98. The van der Waals surface area contributed by atoms with E-state index in [0.717, 1.165) is 18.4 Å². The van der Waals surface area contributed by atoms with Gasteiger partial charge >= 0.3 is 5.97 Å². The molecule has 0 aromatic rings. The van der Waals surface area contributed by atoms with Crippen molar-refractivity contribution in [3.63, 3.8) is 0 Å². The average Bonchev–Trinajstić information content (AvgIpc) is 3.32. The highest BCUT2D eigenvalue weighted by atomic mass is 16.6. The molecular formula is C20H23NO5. The van der Waals surface area contributed by atoms with Crippen molar-refractivity contribution < 1.29 is 23.9 Å². The number of nitrogens with zero attached hydrogens (tertiary/aromatic N) is 1. The van der Waals surface area contributed by atoms with Crippen LogP contribution in [0.5, 0.6) is 0 Å². The van der Waals surface area contributed by atoms with E-state index < -0.39 is 34.6 Å². The van der Waals surface area contributed by atoms with Crippen LogP contribution in [0.1, 0.15) is 47.0 Å². The standard InChI is InChI=1S/C20H23NO5/c1-10-13-5-6-18(3)14(7-12(23)8-15(18)25-11(2)22)19(13,4)17-20(9-21,26-17)16(10)24/h7,10,13,15,17H,5-6,8H2,1-4H3/t10?,13?,15?,17?,18?,19-,20?/m0/s1. The summed E-state index contributed by atoms with van der Waals surface area (Å²) in [4.78, 5) is 36.8. The quantitative estimate of drug-likeness (QED) is 0.527. The zero-order valence-corrected chi connectivity index (χ0v) is 15.5. The van der Waals surface area contributed by atoms with E-state index in [2.05, 4.69) is 6.07 Å². The van der Waals surface area contributed by atoms with Gasteiger partial charge in [-0.3, -0.25) is 14.4 Å². The number of ether oxygens (including phenoxy) is 2. The first kappa shape index (κ1) is 17.4. The molecule has 0 spiro atoms. The second-order valence-corrected chi connectivity index (χ2v) is 8.67. The van der Waals surface area contributed by atoms with Gasteiger partial charge in [-0.1, -0.05) is 20.8 Å². The predicted molar refractivity (Wildman–Crippen MR) is 89.6 cm³/mol. The second-order valence-electron chi connectivity index (χ2n) is 8.67. The van der Waals surface area contributed by atoms with E-state index in [0.29, 0.717) is 0 Å². The molecule has 0 N–H and O–H groups in total. The van der Waals surface area contributed by atoms with E-state index in [1.54, 1.807) is 6.08 Å². The van der Waals surface area contributed by atoms with Crippen LogP contribution >= 0.6 is 0 Å². The topological polar surface area (TPSA) is 96.8 Å².